The fourth-order valence-electron chi connectivity index (χ4n) is 4.13. The summed E-state index contributed by atoms with van der Waals surface area (Å²) in [5.41, 5.74) is 0. The predicted molar refractivity (Wildman–Crippen MR) is 124 cm³/mol. The van der Waals surface area contributed by atoms with Crippen LogP contribution >= 0.6 is 0 Å². The molecule has 0 saturated carbocycles. The van der Waals surface area contributed by atoms with Gasteiger partial charge in [-0.2, -0.15) is 52.7 Å². The average Bonchev–Trinajstić information content (AvgIpc) is 2.81. The molecule has 0 aliphatic heterocycles. The lowest BCUT2D eigenvalue weighted by atomic mass is 9.88. The van der Waals surface area contributed by atoms with Gasteiger partial charge in [0, 0.05) is 12.8 Å². The molecular formula is C26H42F12. The average molecular weight is 583 g/mol. The van der Waals surface area contributed by atoms with Crippen LogP contribution in [0.1, 0.15) is 129 Å². The number of unbranched alkanes of at least 4 members (excludes halogenated alkanes) is 14. The zero-order valence-corrected chi connectivity index (χ0v) is 22.3. The molecular weight excluding hydrogens is 540 g/mol. The molecule has 0 amide bonds. The molecule has 12 heteroatoms. The molecule has 0 spiro atoms. The normalized spacial score (nSPS) is 14.4. The number of halogens is 12. The minimum atomic E-state index is -7.45. The minimum absolute atomic E-state index is 0.105. The highest BCUT2D eigenvalue weighted by molar-refractivity contribution is 5.11. The SMILES string of the molecule is CCCCCCCCCCC(F)(F)C(F)(F)C(F)(F)C(F)(F)C(F)(F)C(F)(F)CCCCCCCCCC. The summed E-state index contributed by atoms with van der Waals surface area (Å²) in [5.74, 6) is -40.5. The first-order chi connectivity index (χ1) is 17.4. The van der Waals surface area contributed by atoms with Gasteiger partial charge < -0.3 is 0 Å². The lowest BCUT2D eigenvalue weighted by Gasteiger charge is -2.41. The molecule has 0 nitrogen and oxygen atoms in total. The van der Waals surface area contributed by atoms with Gasteiger partial charge in [0.05, 0.1) is 0 Å². The first-order valence-corrected chi connectivity index (χ1v) is 13.6. The smallest absolute Gasteiger partial charge is 0.200 e. The molecule has 0 aliphatic carbocycles. The summed E-state index contributed by atoms with van der Waals surface area (Å²) in [7, 11) is 0. The fraction of sp³-hybridized carbons (Fsp3) is 1.00. The van der Waals surface area contributed by atoms with Crippen molar-refractivity contribution in [3.63, 3.8) is 0 Å². The Morgan fingerprint density at radius 2 is 0.500 bits per heavy atom. The molecule has 0 aliphatic rings. The van der Waals surface area contributed by atoms with Gasteiger partial charge >= 0.3 is 35.5 Å². The third-order valence-electron chi connectivity index (χ3n) is 6.79. The zero-order valence-electron chi connectivity index (χ0n) is 22.3. The molecule has 0 atom stereocenters. The Labute approximate surface area is 218 Å². The molecule has 0 saturated heterocycles. The van der Waals surface area contributed by atoms with Gasteiger partial charge in [-0.15, -0.1) is 0 Å². The van der Waals surface area contributed by atoms with Crippen LogP contribution in [0.15, 0.2) is 0 Å². The van der Waals surface area contributed by atoms with Crippen LogP contribution in [0.3, 0.4) is 0 Å². The van der Waals surface area contributed by atoms with E-state index in [9.17, 15) is 52.7 Å². The summed E-state index contributed by atoms with van der Waals surface area (Å²) in [6, 6.07) is 0. The highest BCUT2D eigenvalue weighted by Crippen LogP contribution is 2.61. The molecule has 0 unspecified atom stereocenters. The summed E-state index contributed by atoms with van der Waals surface area (Å²) in [6.45, 7) is 3.91. The first-order valence-electron chi connectivity index (χ1n) is 13.6. The summed E-state index contributed by atoms with van der Waals surface area (Å²) in [5, 5.41) is 0. The van der Waals surface area contributed by atoms with Crippen LogP contribution in [0.4, 0.5) is 52.7 Å². The highest BCUT2D eigenvalue weighted by Gasteiger charge is 2.89. The molecule has 0 aromatic heterocycles. The van der Waals surface area contributed by atoms with Gasteiger partial charge in [0.15, 0.2) is 0 Å². The molecule has 0 heterocycles. The van der Waals surface area contributed by atoms with Crippen molar-refractivity contribution in [3.8, 4) is 0 Å². The number of hydrogen-bond acceptors (Lipinski definition) is 0. The van der Waals surface area contributed by atoms with Gasteiger partial charge in [-0.1, -0.05) is 104 Å². The van der Waals surface area contributed by atoms with Crippen molar-refractivity contribution in [2.24, 2.45) is 0 Å². The van der Waals surface area contributed by atoms with Crippen molar-refractivity contribution in [2.75, 3.05) is 0 Å². The van der Waals surface area contributed by atoms with E-state index in [0.29, 0.717) is 25.7 Å². The van der Waals surface area contributed by atoms with E-state index in [1.807, 2.05) is 13.8 Å². The molecule has 0 radical (unpaired) electrons. The van der Waals surface area contributed by atoms with Crippen LogP contribution in [-0.4, -0.2) is 35.5 Å². The van der Waals surface area contributed by atoms with Gasteiger partial charge in [-0.25, -0.2) is 0 Å². The van der Waals surface area contributed by atoms with E-state index < -0.39 is 61.2 Å². The van der Waals surface area contributed by atoms with Crippen LogP contribution in [0.25, 0.3) is 0 Å². The maximum Gasteiger partial charge on any atom is 0.384 e. The lowest BCUT2D eigenvalue weighted by Crippen LogP contribution is -2.70. The quantitative estimate of drug-likeness (QED) is 0.0830. The van der Waals surface area contributed by atoms with Crippen LogP contribution in [-0.2, 0) is 0 Å². The van der Waals surface area contributed by atoms with Gasteiger partial charge in [0.1, 0.15) is 0 Å². The molecule has 0 fully saturated rings. The third-order valence-corrected chi connectivity index (χ3v) is 6.79. The molecule has 0 rings (SSSR count). The number of alkyl halides is 12. The van der Waals surface area contributed by atoms with E-state index in [1.54, 1.807) is 0 Å². The van der Waals surface area contributed by atoms with Crippen LogP contribution in [0, 0.1) is 0 Å². The van der Waals surface area contributed by atoms with E-state index in [2.05, 4.69) is 0 Å². The molecule has 38 heavy (non-hydrogen) atoms. The second-order valence-electron chi connectivity index (χ2n) is 10.2. The van der Waals surface area contributed by atoms with E-state index in [0.717, 1.165) is 51.4 Å². The van der Waals surface area contributed by atoms with Crippen molar-refractivity contribution >= 4 is 0 Å². The molecule has 0 aromatic carbocycles. The summed E-state index contributed by atoms with van der Waals surface area (Å²) >= 11 is 0. The van der Waals surface area contributed by atoms with Gasteiger partial charge in [0.2, 0.25) is 0 Å². The second-order valence-corrected chi connectivity index (χ2v) is 10.2. The molecule has 230 valence electrons. The largest absolute Gasteiger partial charge is 0.384 e. The number of rotatable bonds is 23. The Bertz CT molecular complexity index is 578. The Morgan fingerprint density at radius 3 is 0.737 bits per heavy atom. The van der Waals surface area contributed by atoms with Crippen molar-refractivity contribution in [1.29, 1.82) is 0 Å². The van der Waals surface area contributed by atoms with E-state index in [-0.39, 0.29) is 12.8 Å². The van der Waals surface area contributed by atoms with E-state index >= 15 is 0 Å². The minimum Gasteiger partial charge on any atom is -0.200 e. The monoisotopic (exact) mass is 582 g/mol. The molecule has 0 N–H and O–H groups in total. The van der Waals surface area contributed by atoms with Crippen LogP contribution in [0.2, 0.25) is 0 Å². The lowest BCUT2D eigenvalue weighted by molar-refractivity contribution is -0.425. The van der Waals surface area contributed by atoms with Crippen molar-refractivity contribution in [2.45, 2.75) is 165 Å². The summed E-state index contributed by atoms with van der Waals surface area (Å²) < 4.78 is 168. The van der Waals surface area contributed by atoms with Gasteiger partial charge in [-0.05, 0) is 12.8 Å². The van der Waals surface area contributed by atoms with E-state index in [4.69, 9.17) is 0 Å². The standard InChI is InChI=1S/C26H42F12/c1-3-5-7-9-11-13-15-17-19-21(27,28)23(31,32)25(35,36)26(37,38)24(33,34)22(29,30)20-18-16-14-12-10-8-6-4-2/h3-20H2,1-2H3. The predicted octanol–water partition coefficient (Wildman–Crippen LogP) is 11.9. The van der Waals surface area contributed by atoms with Crippen molar-refractivity contribution in [1.82, 2.24) is 0 Å². The number of hydrogen-bond donors (Lipinski definition) is 0. The first kappa shape index (κ1) is 37.2. The summed E-state index contributed by atoms with van der Waals surface area (Å²) in [4.78, 5) is 0. The van der Waals surface area contributed by atoms with Crippen LogP contribution < -0.4 is 0 Å². The van der Waals surface area contributed by atoms with Crippen LogP contribution in [0.5, 0.6) is 0 Å². The second kappa shape index (κ2) is 15.8. The van der Waals surface area contributed by atoms with Gasteiger partial charge in [-0.3, -0.25) is 0 Å². The maximum atomic E-state index is 14.0. The van der Waals surface area contributed by atoms with Crippen molar-refractivity contribution in [3.05, 3.63) is 0 Å². The molecule has 0 bridgehead atoms. The van der Waals surface area contributed by atoms with E-state index in [1.165, 1.54) is 0 Å². The Balaban J connectivity index is 5.22. The maximum absolute atomic E-state index is 14.0. The zero-order chi connectivity index (χ0) is 29.7. The Kier molecular flexibility index (Phi) is 15.5. The van der Waals surface area contributed by atoms with Crippen molar-refractivity contribution < 1.29 is 52.7 Å². The fourth-order valence-corrected chi connectivity index (χ4v) is 4.13. The topological polar surface area (TPSA) is 0 Å². The highest BCUT2D eigenvalue weighted by atomic mass is 19.4. The Morgan fingerprint density at radius 1 is 0.289 bits per heavy atom. The summed E-state index contributed by atoms with van der Waals surface area (Å²) in [6.07, 6.45) is 2.87. The Hall–Kier alpha value is -0.840. The third kappa shape index (κ3) is 9.37. The molecule has 0 aromatic rings. The van der Waals surface area contributed by atoms with Gasteiger partial charge in [0.25, 0.3) is 0 Å².